The monoisotopic (exact) mass is 644 g/mol. The van der Waals surface area contributed by atoms with E-state index in [4.69, 9.17) is 58.0 Å². The van der Waals surface area contributed by atoms with Gasteiger partial charge in [-0.15, -0.1) is 23.2 Å². The number of anilines is 2. The van der Waals surface area contributed by atoms with Crippen LogP contribution in [0.5, 0.6) is 0 Å². The molecule has 2 fully saturated rings. The molecular formula is C28H19Cl5F2N2O3. The maximum absolute atomic E-state index is 13.1. The molecule has 5 rings (SSSR count). The molecule has 3 unspecified atom stereocenters. The third-order valence-corrected chi connectivity index (χ3v) is 8.55. The molecule has 0 aliphatic heterocycles. The van der Waals surface area contributed by atoms with Crippen molar-refractivity contribution in [2.45, 2.75) is 29.0 Å². The molecule has 5 nitrogen and oxygen atoms in total. The third kappa shape index (κ3) is 6.09. The van der Waals surface area contributed by atoms with Gasteiger partial charge in [-0.1, -0.05) is 46.9 Å². The van der Waals surface area contributed by atoms with Gasteiger partial charge in [0, 0.05) is 45.7 Å². The van der Waals surface area contributed by atoms with Gasteiger partial charge in [0.2, 0.25) is 11.8 Å². The predicted molar refractivity (Wildman–Crippen MR) is 153 cm³/mol. The molecule has 0 aromatic heterocycles. The van der Waals surface area contributed by atoms with Crippen molar-refractivity contribution in [1.29, 1.82) is 0 Å². The Balaban J connectivity index is 1.23. The second kappa shape index (κ2) is 10.8. The fourth-order valence-electron chi connectivity index (χ4n) is 4.57. The van der Waals surface area contributed by atoms with Gasteiger partial charge in [-0.05, 0) is 59.7 Å². The van der Waals surface area contributed by atoms with E-state index in [1.54, 1.807) is 36.4 Å². The van der Waals surface area contributed by atoms with Crippen LogP contribution in [-0.4, -0.2) is 27.9 Å². The summed E-state index contributed by atoms with van der Waals surface area (Å²) in [5.41, 5.74) is 2.10. The van der Waals surface area contributed by atoms with Crippen molar-refractivity contribution in [2.75, 3.05) is 10.6 Å². The lowest BCUT2D eigenvalue weighted by Crippen LogP contribution is -2.17. The van der Waals surface area contributed by atoms with E-state index in [-0.39, 0.29) is 22.8 Å². The fraction of sp³-hybridized carbons (Fsp3) is 0.250. The Labute approximate surface area is 253 Å². The molecule has 2 saturated carbocycles. The minimum absolute atomic E-state index is 0.0290. The summed E-state index contributed by atoms with van der Waals surface area (Å²) >= 11 is 31.3. The summed E-state index contributed by atoms with van der Waals surface area (Å²) in [5.74, 6) is -7.10. The van der Waals surface area contributed by atoms with Crippen LogP contribution < -0.4 is 10.6 Å². The molecule has 0 bridgehead atoms. The van der Waals surface area contributed by atoms with E-state index >= 15 is 0 Å². The first-order chi connectivity index (χ1) is 18.8. The van der Waals surface area contributed by atoms with Gasteiger partial charge < -0.3 is 10.6 Å². The highest BCUT2D eigenvalue weighted by molar-refractivity contribution is 6.53. The molecule has 0 saturated heterocycles. The normalized spacial score (nSPS) is 21.8. The second-order valence-corrected chi connectivity index (χ2v) is 12.5. The molecule has 0 radical (unpaired) electrons. The van der Waals surface area contributed by atoms with E-state index in [0.29, 0.717) is 32.5 Å². The smallest absolute Gasteiger partial charge is 0.260 e. The lowest BCUT2D eigenvalue weighted by atomic mass is 10.0. The summed E-state index contributed by atoms with van der Waals surface area (Å²) in [6.45, 7) is 0. The number of nitrogens with one attached hydrogen (secondary N) is 2. The second-order valence-electron chi connectivity index (χ2n) is 9.82. The van der Waals surface area contributed by atoms with Crippen LogP contribution in [0.3, 0.4) is 0 Å². The van der Waals surface area contributed by atoms with Crippen molar-refractivity contribution >= 4 is 87.0 Å². The summed E-state index contributed by atoms with van der Waals surface area (Å²) in [6.07, 6.45) is -0.485. The molecule has 2 aliphatic rings. The van der Waals surface area contributed by atoms with Crippen LogP contribution in [0.25, 0.3) is 0 Å². The molecule has 40 heavy (non-hydrogen) atoms. The van der Waals surface area contributed by atoms with Crippen LogP contribution in [0.2, 0.25) is 15.1 Å². The van der Waals surface area contributed by atoms with Gasteiger partial charge in [-0.25, -0.2) is 8.78 Å². The topological polar surface area (TPSA) is 75.3 Å². The highest BCUT2D eigenvalue weighted by atomic mass is 35.5. The van der Waals surface area contributed by atoms with Gasteiger partial charge in [0.25, 0.3) is 5.92 Å². The molecule has 3 atom stereocenters. The van der Waals surface area contributed by atoms with Crippen LogP contribution in [-0.2, 0) is 16.0 Å². The number of amides is 2. The molecule has 12 heteroatoms. The quantitative estimate of drug-likeness (QED) is 0.192. The summed E-state index contributed by atoms with van der Waals surface area (Å²) in [6, 6.07) is 15.6. The Bertz CT molecular complexity index is 1510. The van der Waals surface area contributed by atoms with Crippen molar-refractivity contribution in [3.05, 3.63) is 92.4 Å². The van der Waals surface area contributed by atoms with Crippen LogP contribution in [0.15, 0.2) is 60.7 Å². The minimum Gasteiger partial charge on any atom is -0.326 e. The van der Waals surface area contributed by atoms with E-state index < -0.39 is 46.2 Å². The van der Waals surface area contributed by atoms with E-state index in [9.17, 15) is 23.2 Å². The molecule has 2 aliphatic carbocycles. The number of carbonyl (C=O) groups is 3. The maximum Gasteiger partial charge on any atom is 0.260 e. The maximum atomic E-state index is 13.1. The number of ketones is 1. The molecule has 2 N–H and O–H groups in total. The van der Waals surface area contributed by atoms with Crippen molar-refractivity contribution in [1.82, 2.24) is 0 Å². The van der Waals surface area contributed by atoms with Crippen LogP contribution in [0, 0.1) is 11.8 Å². The van der Waals surface area contributed by atoms with Gasteiger partial charge in [0.15, 0.2) is 5.78 Å². The number of alkyl halides is 4. The molecule has 2 amide bonds. The first-order valence-electron chi connectivity index (χ1n) is 12.0. The Kier molecular flexibility index (Phi) is 7.83. The molecular weight excluding hydrogens is 628 g/mol. The van der Waals surface area contributed by atoms with E-state index in [2.05, 4.69) is 10.6 Å². The highest BCUT2D eigenvalue weighted by Crippen LogP contribution is 2.65. The summed E-state index contributed by atoms with van der Waals surface area (Å²) in [4.78, 5) is 38.0. The Hall–Kier alpha value is -2.42. The SMILES string of the molecule is O=C(Cc1ccc(NC(=O)C2CC2(F)F)cc1)c1cc(NC(=O)C2C(c3cc(Cl)cc(Cl)c3)C2(Cl)Cl)ccc1Cl. The average Bonchev–Trinajstić information content (AvgIpc) is 3.70. The first-order valence-corrected chi connectivity index (χ1v) is 13.9. The van der Waals surface area contributed by atoms with Gasteiger partial charge in [0.1, 0.15) is 10.3 Å². The zero-order chi connectivity index (χ0) is 29.0. The van der Waals surface area contributed by atoms with E-state index in [0.717, 1.165) is 0 Å². The zero-order valence-electron chi connectivity index (χ0n) is 20.3. The number of hydrogen-bond acceptors (Lipinski definition) is 3. The summed E-state index contributed by atoms with van der Waals surface area (Å²) in [7, 11) is 0. The number of carbonyl (C=O) groups excluding carboxylic acids is 3. The number of Topliss-reactive ketones (excluding diaryl/α,β-unsaturated/α-hetero) is 1. The van der Waals surface area contributed by atoms with Crippen molar-refractivity contribution in [2.24, 2.45) is 11.8 Å². The lowest BCUT2D eigenvalue weighted by molar-refractivity contribution is -0.119. The molecule has 3 aromatic carbocycles. The molecule has 0 spiro atoms. The lowest BCUT2D eigenvalue weighted by Gasteiger charge is -2.10. The van der Waals surface area contributed by atoms with E-state index in [1.165, 1.54) is 24.3 Å². The Morgan fingerprint density at radius 1 is 0.825 bits per heavy atom. The molecule has 0 heterocycles. The highest BCUT2D eigenvalue weighted by Gasteiger charge is 2.67. The van der Waals surface area contributed by atoms with Crippen molar-refractivity contribution in [3.8, 4) is 0 Å². The predicted octanol–water partition coefficient (Wildman–Crippen LogP) is 8.19. The summed E-state index contributed by atoms with van der Waals surface area (Å²) in [5, 5.41) is 6.16. The molecule has 3 aromatic rings. The van der Waals surface area contributed by atoms with Gasteiger partial charge >= 0.3 is 0 Å². The largest absolute Gasteiger partial charge is 0.326 e. The summed E-state index contributed by atoms with van der Waals surface area (Å²) < 4.78 is 24.8. The van der Waals surface area contributed by atoms with Crippen LogP contribution >= 0.6 is 58.0 Å². The van der Waals surface area contributed by atoms with E-state index in [1.807, 2.05) is 0 Å². The third-order valence-electron chi connectivity index (χ3n) is 6.84. The number of hydrogen-bond donors (Lipinski definition) is 2. The van der Waals surface area contributed by atoms with Crippen LogP contribution in [0.1, 0.15) is 33.8 Å². The Morgan fingerprint density at radius 3 is 2.00 bits per heavy atom. The van der Waals surface area contributed by atoms with Crippen molar-refractivity contribution < 1.29 is 23.2 Å². The number of benzene rings is 3. The van der Waals surface area contributed by atoms with Crippen LogP contribution in [0.4, 0.5) is 20.2 Å². The number of halogens is 7. The van der Waals surface area contributed by atoms with Gasteiger partial charge in [-0.3, -0.25) is 14.4 Å². The standard InChI is InChI=1S/C28H19Cl5F2N2O3/c29-15-8-14(9-16(30)10-15)23-24(28(23,32)33)26(40)37-18-5-6-21(31)19(11-18)22(38)7-13-1-3-17(4-2-13)36-25(39)20-12-27(20,34)35/h1-6,8-11,20,23-24H,7,12H2,(H,36,39)(H,37,40). The Morgan fingerprint density at radius 2 is 1.40 bits per heavy atom. The van der Waals surface area contributed by atoms with Crippen molar-refractivity contribution in [3.63, 3.8) is 0 Å². The molecule has 208 valence electrons. The average molecular weight is 647 g/mol. The minimum atomic E-state index is -2.95. The number of rotatable bonds is 8. The van der Waals surface area contributed by atoms with Gasteiger partial charge in [0.05, 0.1) is 10.9 Å². The fourth-order valence-corrected chi connectivity index (χ4v) is 6.17. The first kappa shape index (κ1) is 29.1. The zero-order valence-corrected chi connectivity index (χ0v) is 24.1. The van der Waals surface area contributed by atoms with Gasteiger partial charge in [-0.2, -0.15) is 0 Å².